The highest BCUT2D eigenvalue weighted by Gasteiger charge is 2.22. The van der Waals surface area contributed by atoms with E-state index in [4.69, 9.17) is 20.9 Å². The van der Waals surface area contributed by atoms with E-state index >= 15 is 0 Å². The molecule has 0 radical (unpaired) electrons. The zero-order valence-electron chi connectivity index (χ0n) is 12.6. The first-order valence-corrected chi connectivity index (χ1v) is 7.34. The number of rotatable bonds is 5. The van der Waals surface area contributed by atoms with Crippen molar-refractivity contribution in [2.75, 3.05) is 14.2 Å². The van der Waals surface area contributed by atoms with E-state index in [1.54, 1.807) is 18.2 Å². The van der Waals surface area contributed by atoms with Crippen molar-refractivity contribution in [3.63, 3.8) is 0 Å². The van der Waals surface area contributed by atoms with Crippen molar-refractivity contribution in [2.24, 2.45) is 11.5 Å². The van der Waals surface area contributed by atoms with Gasteiger partial charge in [-0.15, -0.1) is 0 Å². The molecule has 0 aromatic heterocycles. The Morgan fingerprint density at radius 3 is 1.91 bits per heavy atom. The first-order chi connectivity index (χ1) is 10.9. The summed E-state index contributed by atoms with van der Waals surface area (Å²) in [7, 11) is 2.99. The molecule has 0 aliphatic rings. The van der Waals surface area contributed by atoms with Crippen LogP contribution in [0.15, 0.2) is 34.8 Å². The fourth-order valence-corrected chi connectivity index (χ4v) is 2.79. The summed E-state index contributed by atoms with van der Waals surface area (Å²) in [6.07, 6.45) is 0. The molecule has 0 unspecified atom stereocenters. The van der Waals surface area contributed by atoms with Gasteiger partial charge >= 0.3 is 0 Å². The number of amides is 2. The van der Waals surface area contributed by atoms with Crippen molar-refractivity contribution < 1.29 is 19.1 Å². The van der Waals surface area contributed by atoms with Gasteiger partial charge in [0.25, 0.3) is 0 Å². The molecule has 0 aliphatic heterocycles. The second kappa shape index (κ2) is 6.70. The van der Waals surface area contributed by atoms with Crippen molar-refractivity contribution in [3.05, 3.63) is 45.9 Å². The smallest absolute Gasteiger partial charge is 0.249 e. The van der Waals surface area contributed by atoms with E-state index in [2.05, 4.69) is 15.9 Å². The number of halogens is 1. The average molecular weight is 379 g/mol. The zero-order valence-corrected chi connectivity index (χ0v) is 14.1. The molecule has 0 heterocycles. The minimum Gasteiger partial charge on any atom is -0.496 e. The normalized spacial score (nSPS) is 10.2. The number of carbonyl (C=O) groups excluding carboxylic acids is 2. The number of carbonyl (C=O) groups is 2. The first-order valence-electron chi connectivity index (χ1n) is 6.55. The molecule has 0 spiro atoms. The monoisotopic (exact) mass is 378 g/mol. The van der Waals surface area contributed by atoms with Gasteiger partial charge in [-0.1, -0.05) is 6.07 Å². The highest BCUT2D eigenvalue weighted by atomic mass is 79.9. The lowest BCUT2D eigenvalue weighted by atomic mass is 9.92. The SMILES string of the molecule is COc1cc(-c2c(C(N)=O)cccc2C(N)=O)c(OC)cc1Br. The minimum atomic E-state index is -0.674. The second-order valence-corrected chi connectivity index (χ2v) is 5.50. The minimum absolute atomic E-state index is 0.170. The third kappa shape index (κ3) is 3.14. The van der Waals surface area contributed by atoms with E-state index < -0.39 is 11.8 Å². The van der Waals surface area contributed by atoms with Gasteiger partial charge in [0.2, 0.25) is 11.8 Å². The Bertz CT molecular complexity index is 758. The Hall–Kier alpha value is -2.54. The van der Waals surface area contributed by atoms with E-state index in [0.29, 0.717) is 27.1 Å². The molecule has 0 aliphatic carbocycles. The Morgan fingerprint density at radius 2 is 1.48 bits per heavy atom. The Labute approximate surface area is 141 Å². The predicted molar refractivity (Wildman–Crippen MR) is 89.7 cm³/mol. The second-order valence-electron chi connectivity index (χ2n) is 4.64. The molecule has 0 fully saturated rings. The molecule has 6 nitrogen and oxygen atoms in total. The summed E-state index contributed by atoms with van der Waals surface area (Å²) in [6.45, 7) is 0. The van der Waals surface area contributed by atoms with E-state index in [-0.39, 0.29) is 11.1 Å². The maximum Gasteiger partial charge on any atom is 0.249 e. The highest BCUT2D eigenvalue weighted by Crippen LogP contribution is 2.41. The van der Waals surface area contributed by atoms with Crippen LogP contribution in [0.25, 0.3) is 11.1 Å². The van der Waals surface area contributed by atoms with Gasteiger partial charge in [0.1, 0.15) is 11.5 Å². The Balaban J connectivity index is 2.90. The van der Waals surface area contributed by atoms with Crippen LogP contribution in [0.2, 0.25) is 0 Å². The molecule has 0 saturated carbocycles. The van der Waals surface area contributed by atoms with Crippen molar-refractivity contribution in [1.82, 2.24) is 0 Å². The molecule has 0 saturated heterocycles. The molecule has 7 heteroatoms. The zero-order chi connectivity index (χ0) is 17.1. The summed E-state index contributed by atoms with van der Waals surface area (Å²) in [5.74, 6) is -0.400. The summed E-state index contributed by atoms with van der Waals surface area (Å²) in [5.41, 5.74) is 12.0. The van der Waals surface area contributed by atoms with Gasteiger partial charge in [0.05, 0.1) is 18.7 Å². The lowest BCUT2D eigenvalue weighted by Gasteiger charge is -2.16. The third-order valence-corrected chi connectivity index (χ3v) is 3.96. The Kier molecular flexibility index (Phi) is 4.90. The van der Waals surface area contributed by atoms with Crippen molar-refractivity contribution >= 4 is 27.7 Å². The maximum atomic E-state index is 11.8. The van der Waals surface area contributed by atoms with Crippen LogP contribution in [-0.2, 0) is 0 Å². The first kappa shape index (κ1) is 16.8. The molecule has 0 atom stereocenters. The summed E-state index contributed by atoms with van der Waals surface area (Å²) in [6, 6.07) is 7.93. The lowest BCUT2D eigenvalue weighted by molar-refractivity contribution is 0.0999. The number of hydrogen-bond donors (Lipinski definition) is 2. The van der Waals surface area contributed by atoms with E-state index in [1.807, 2.05) is 0 Å². The molecule has 2 aromatic rings. The largest absolute Gasteiger partial charge is 0.496 e. The van der Waals surface area contributed by atoms with Crippen molar-refractivity contribution in [1.29, 1.82) is 0 Å². The van der Waals surface area contributed by atoms with Gasteiger partial charge in [-0.3, -0.25) is 9.59 Å². The lowest BCUT2D eigenvalue weighted by Crippen LogP contribution is -2.18. The predicted octanol–water partition coefficient (Wildman–Crippen LogP) is 2.33. The molecule has 2 amide bonds. The van der Waals surface area contributed by atoms with Gasteiger partial charge in [0.15, 0.2) is 0 Å². The standard InChI is InChI=1S/C16H15BrN2O4/c1-22-12-7-11(17)13(23-2)6-10(12)14-8(15(18)20)4-3-5-9(14)16(19)21/h3-7H,1-2H3,(H2,18,20)(H2,19,21). The van der Waals surface area contributed by atoms with Crippen LogP contribution in [0.4, 0.5) is 0 Å². The molecule has 2 aromatic carbocycles. The van der Waals surface area contributed by atoms with E-state index in [1.165, 1.54) is 26.4 Å². The fourth-order valence-electron chi connectivity index (χ4n) is 2.31. The van der Waals surface area contributed by atoms with Crippen LogP contribution >= 0.6 is 15.9 Å². The molecule has 120 valence electrons. The molecule has 2 rings (SSSR count). The van der Waals surface area contributed by atoms with Crippen LogP contribution in [-0.4, -0.2) is 26.0 Å². The number of nitrogens with two attached hydrogens (primary N) is 2. The molecule has 4 N–H and O–H groups in total. The van der Waals surface area contributed by atoms with Crippen LogP contribution in [0.1, 0.15) is 20.7 Å². The van der Waals surface area contributed by atoms with E-state index in [9.17, 15) is 9.59 Å². The summed E-state index contributed by atoms with van der Waals surface area (Å²) >= 11 is 3.36. The number of ether oxygens (including phenoxy) is 2. The topological polar surface area (TPSA) is 105 Å². The van der Waals surface area contributed by atoms with Crippen LogP contribution in [0, 0.1) is 0 Å². The summed E-state index contributed by atoms with van der Waals surface area (Å²) in [4.78, 5) is 23.6. The number of methoxy groups -OCH3 is 2. The highest BCUT2D eigenvalue weighted by molar-refractivity contribution is 9.10. The van der Waals surface area contributed by atoms with Crippen LogP contribution < -0.4 is 20.9 Å². The van der Waals surface area contributed by atoms with Gasteiger partial charge in [-0.25, -0.2) is 0 Å². The van der Waals surface area contributed by atoms with Crippen molar-refractivity contribution in [3.8, 4) is 22.6 Å². The van der Waals surface area contributed by atoms with E-state index in [0.717, 1.165) is 0 Å². The van der Waals surface area contributed by atoms with Gasteiger partial charge in [0, 0.05) is 22.3 Å². The van der Waals surface area contributed by atoms with Gasteiger partial charge < -0.3 is 20.9 Å². The average Bonchev–Trinajstić information content (AvgIpc) is 2.53. The third-order valence-electron chi connectivity index (χ3n) is 3.34. The number of benzene rings is 2. The summed E-state index contributed by atoms with van der Waals surface area (Å²) in [5, 5.41) is 0. The molecule has 0 bridgehead atoms. The number of primary amides is 2. The van der Waals surface area contributed by atoms with Crippen molar-refractivity contribution in [2.45, 2.75) is 0 Å². The molecular weight excluding hydrogens is 364 g/mol. The van der Waals surface area contributed by atoms with Crippen LogP contribution in [0.5, 0.6) is 11.5 Å². The van der Waals surface area contributed by atoms with Gasteiger partial charge in [-0.2, -0.15) is 0 Å². The number of hydrogen-bond acceptors (Lipinski definition) is 4. The maximum absolute atomic E-state index is 11.8. The molecular formula is C16H15BrN2O4. The fraction of sp³-hybridized carbons (Fsp3) is 0.125. The summed E-state index contributed by atoms with van der Waals surface area (Å²) < 4.78 is 11.3. The quantitative estimate of drug-likeness (QED) is 0.832. The van der Waals surface area contributed by atoms with Crippen LogP contribution in [0.3, 0.4) is 0 Å². The molecule has 23 heavy (non-hydrogen) atoms. The van der Waals surface area contributed by atoms with Gasteiger partial charge in [-0.05, 0) is 40.2 Å². The Morgan fingerprint density at radius 1 is 0.957 bits per heavy atom.